The Morgan fingerprint density at radius 2 is 2.00 bits per heavy atom. The monoisotopic (exact) mass is 262 g/mol. The van der Waals surface area contributed by atoms with Crippen LogP contribution in [0.5, 0.6) is 0 Å². The van der Waals surface area contributed by atoms with Crippen LogP contribution in [0.15, 0.2) is 24.5 Å². The maximum Gasteiger partial charge on any atom is 0.195 e. The summed E-state index contributed by atoms with van der Waals surface area (Å²) in [6, 6.07) is 3.90. The van der Waals surface area contributed by atoms with Crippen molar-refractivity contribution < 1.29 is 0 Å². The zero-order valence-corrected chi connectivity index (χ0v) is 11.8. The number of aromatic nitrogens is 4. The number of hydrogen-bond acceptors (Lipinski definition) is 3. The Balaban J connectivity index is 2.56. The van der Waals surface area contributed by atoms with Crippen molar-refractivity contribution in [1.82, 2.24) is 19.7 Å². The van der Waals surface area contributed by atoms with Crippen molar-refractivity contribution in [1.29, 1.82) is 0 Å². The molecule has 0 amide bonds. The lowest BCUT2D eigenvalue weighted by Crippen LogP contribution is -2.27. The summed E-state index contributed by atoms with van der Waals surface area (Å²) in [6.45, 7) is 6.55. The molecule has 4 nitrogen and oxygen atoms in total. The van der Waals surface area contributed by atoms with E-state index in [0.29, 0.717) is 4.77 Å². The molecule has 0 aliphatic rings. The van der Waals surface area contributed by atoms with Crippen LogP contribution >= 0.6 is 12.2 Å². The summed E-state index contributed by atoms with van der Waals surface area (Å²) in [7, 11) is 0. The van der Waals surface area contributed by atoms with Crippen molar-refractivity contribution in [3.05, 3.63) is 29.3 Å². The largest absolute Gasteiger partial charge is 0.295 e. The van der Waals surface area contributed by atoms with Crippen molar-refractivity contribution in [2.45, 2.75) is 39.2 Å². The highest BCUT2D eigenvalue weighted by molar-refractivity contribution is 7.71. The van der Waals surface area contributed by atoms with Crippen molar-refractivity contribution in [3.63, 3.8) is 0 Å². The lowest BCUT2D eigenvalue weighted by Gasteiger charge is -2.27. The molecule has 0 unspecified atom stereocenters. The fourth-order valence-corrected chi connectivity index (χ4v) is 2.66. The van der Waals surface area contributed by atoms with E-state index in [4.69, 9.17) is 12.2 Å². The summed E-state index contributed by atoms with van der Waals surface area (Å²) in [4.78, 5) is 4.03. The Morgan fingerprint density at radius 3 is 2.61 bits per heavy atom. The van der Waals surface area contributed by atoms with E-state index in [-0.39, 0.29) is 5.54 Å². The quantitative estimate of drug-likeness (QED) is 0.857. The maximum atomic E-state index is 5.36. The minimum atomic E-state index is -0.0442. The molecule has 0 radical (unpaired) electrons. The van der Waals surface area contributed by atoms with E-state index in [0.717, 1.165) is 24.2 Å². The van der Waals surface area contributed by atoms with Gasteiger partial charge in [-0.1, -0.05) is 13.3 Å². The first-order valence-corrected chi connectivity index (χ1v) is 6.55. The van der Waals surface area contributed by atoms with E-state index in [1.807, 2.05) is 12.1 Å². The van der Waals surface area contributed by atoms with Gasteiger partial charge in [0.2, 0.25) is 0 Å². The van der Waals surface area contributed by atoms with E-state index in [1.54, 1.807) is 12.4 Å². The number of nitrogens with zero attached hydrogens (tertiary/aromatic N) is 3. The van der Waals surface area contributed by atoms with E-state index < -0.39 is 0 Å². The van der Waals surface area contributed by atoms with Crippen LogP contribution in [-0.4, -0.2) is 19.7 Å². The summed E-state index contributed by atoms with van der Waals surface area (Å²) in [5.74, 6) is 0.876. The summed E-state index contributed by atoms with van der Waals surface area (Å²) < 4.78 is 2.77. The Kier molecular flexibility index (Phi) is 3.61. The highest BCUT2D eigenvalue weighted by atomic mass is 32.1. The predicted molar refractivity (Wildman–Crippen MR) is 74.9 cm³/mol. The van der Waals surface area contributed by atoms with E-state index in [1.165, 1.54) is 0 Å². The number of aromatic amines is 1. The molecule has 1 N–H and O–H groups in total. The van der Waals surface area contributed by atoms with Crippen LogP contribution in [0.2, 0.25) is 0 Å². The topological polar surface area (TPSA) is 46.5 Å². The molecule has 96 valence electrons. The third kappa shape index (κ3) is 2.36. The number of hydrogen-bond donors (Lipinski definition) is 1. The first kappa shape index (κ1) is 13.0. The molecule has 0 saturated carbocycles. The van der Waals surface area contributed by atoms with Gasteiger partial charge in [-0.2, -0.15) is 5.10 Å². The van der Waals surface area contributed by atoms with Crippen molar-refractivity contribution >= 4 is 12.2 Å². The molecule has 0 aliphatic heterocycles. The van der Waals surface area contributed by atoms with Crippen molar-refractivity contribution in [2.24, 2.45) is 0 Å². The second kappa shape index (κ2) is 5.02. The fourth-order valence-electron chi connectivity index (χ4n) is 2.28. The number of nitrogens with one attached hydrogen (secondary N) is 1. The van der Waals surface area contributed by atoms with Crippen LogP contribution in [-0.2, 0) is 5.54 Å². The lowest BCUT2D eigenvalue weighted by molar-refractivity contribution is 0.323. The average Bonchev–Trinajstić information content (AvgIpc) is 2.73. The van der Waals surface area contributed by atoms with Crippen LogP contribution < -0.4 is 0 Å². The van der Waals surface area contributed by atoms with Gasteiger partial charge >= 0.3 is 0 Å². The van der Waals surface area contributed by atoms with Crippen molar-refractivity contribution in [3.8, 4) is 11.4 Å². The normalized spacial score (nSPS) is 11.7. The molecule has 0 spiro atoms. The second-order valence-electron chi connectivity index (χ2n) is 4.99. The first-order chi connectivity index (χ1) is 8.56. The molecular weight excluding hydrogens is 244 g/mol. The standard InChI is InChI=1S/C13H18N4S/c1-4-7-13(2,3)17-11(15-16-12(17)18)10-5-8-14-9-6-10/h5-6,8-9H,4,7H2,1-3H3,(H,16,18). The predicted octanol–water partition coefficient (Wildman–Crippen LogP) is 3.54. The van der Waals surface area contributed by atoms with E-state index in [9.17, 15) is 0 Å². The Morgan fingerprint density at radius 1 is 1.33 bits per heavy atom. The maximum absolute atomic E-state index is 5.36. The van der Waals surface area contributed by atoms with Crippen molar-refractivity contribution in [2.75, 3.05) is 0 Å². The van der Waals surface area contributed by atoms with E-state index in [2.05, 4.69) is 40.5 Å². The van der Waals surface area contributed by atoms with Gasteiger partial charge in [-0.25, -0.2) is 0 Å². The molecule has 2 aromatic rings. The van der Waals surface area contributed by atoms with Crippen LogP contribution in [0.25, 0.3) is 11.4 Å². The molecule has 0 bridgehead atoms. The average molecular weight is 262 g/mol. The molecule has 2 aromatic heterocycles. The van der Waals surface area contributed by atoms with Gasteiger partial charge in [0.05, 0.1) is 0 Å². The van der Waals surface area contributed by atoms with Gasteiger partial charge < -0.3 is 0 Å². The summed E-state index contributed by atoms with van der Waals surface area (Å²) >= 11 is 5.36. The van der Waals surface area contributed by atoms with E-state index >= 15 is 0 Å². The highest BCUT2D eigenvalue weighted by Crippen LogP contribution is 2.28. The zero-order chi connectivity index (χ0) is 13.2. The Bertz CT molecular complexity index is 568. The van der Waals surface area contributed by atoms with Gasteiger partial charge in [0, 0.05) is 23.5 Å². The molecule has 2 heterocycles. The van der Waals surface area contributed by atoms with Crippen LogP contribution in [0.4, 0.5) is 0 Å². The van der Waals surface area contributed by atoms with Gasteiger partial charge in [0.15, 0.2) is 10.6 Å². The van der Waals surface area contributed by atoms with Gasteiger partial charge in [0.25, 0.3) is 0 Å². The molecule has 2 rings (SSSR count). The lowest BCUT2D eigenvalue weighted by atomic mass is 9.98. The third-order valence-corrected chi connectivity index (χ3v) is 3.35. The van der Waals surface area contributed by atoms with Crippen LogP contribution in [0, 0.1) is 4.77 Å². The van der Waals surface area contributed by atoms with Gasteiger partial charge in [0.1, 0.15) is 0 Å². The molecule has 0 atom stereocenters. The van der Waals surface area contributed by atoms with Crippen LogP contribution in [0.1, 0.15) is 33.6 Å². The highest BCUT2D eigenvalue weighted by Gasteiger charge is 2.24. The Labute approximate surface area is 112 Å². The molecule has 0 aromatic carbocycles. The molecule has 0 aliphatic carbocycles. The van der Waals surface area contributed by atoms with Gasteiger partial charge in [-0.05, 0) is 44.6 Å². The summed E-state index contributed by atoms with van der Waals surface area (Å²) in [5, 5.41) is 7.25. The number of pyridine rings is 1. The molecular formula is C13H18N4S. The number of rotatable bonds is 4. The summed E-state index contributed by atoms with van der Waals surface area (Å²) in [6.07, 6.45) is 5.70. The molecule has 5 heteroatoms. The van der Waals surface area contributed by atoms with Gasteiger partial charge in [-0.15, -0.1) is 0 Å². The van der Waals surface area contributed by atoms with Crippen LogP contribution in [0.3, 0.4) is 0 Å². The fraction of sp³-hybridized carbons (Fsp3) is 0.462. The smallest absolute Gasteiger partial charge is 0.195 e. The molecule has 18 heavy (non-hydrogen) atoms. The molecule has 0 fully saturated rings. The number of H-pyrrole nitrogens is 1. The van der Waals surface area contributed by atoms with Gasteiger partial charge in [-0.3, -0.25) is 14.6 Å². The zero-order valence-electron chi connectivity index (χ0n) is 11.0. The minimum absolute atomic E-state index is 0.0442. The second-order valence-corrected chi connectivity index (χ2v) is 5.37. The summed E-state index contributed by atoms with van der Waals surface area (Å²) in [5.41, 5.74) is 0.985. The first-order valence-electron chi connectivity index (χ1n) is 6.14. The third-order valence-electron chi connectivity index (χ3n) is 3.08. The minimum Gasteiger partial charge on any atom is -0.295 e. The Hall–Kier alpha value is -1.49. The SMILES string of the molecule is CCCC(C)(C)n1c(-c2ccncc2)n[nH]c1=S. The molecule has 0 saturated heterocycles.